The van der Waals surface area contributed by atoms with Gasteiger partial charge in [0.05, 0.1) is 11.3 Å². The first kappa shape index (κ1) is 6.61. The van der Waals surface area contributed by atoms with Gasteiger partial charge < -0.3 is 0 Å². The van der Waals surface area contributed by atoms with Crippen LogP contribution in [0.3, 0.4) is 0 Å². The average molecular weight is 165 g/mol. The summed E-state index contributed by atoms with van der Waals surface area (Å²) in [5.41, 5.74) is 0. The van der Waals surface area contributed by atoms with E-state index in [9.17, 15) is 8.42 Å². The maximum absolute atomic E-state index is 11.1. The van der Waals surface area contributed by atoms with Crippen molar-refractivity contribution in [3.8, 4) is 0 Å². The standard InChI is InChI=1S/C6H12O3S/c1-5(2)9-10(7,8)6-3-4-6/h5-6H,3-4H2,1-2H3/i6D. The van der Waals surface area contributed by atoms with Crippen molar-refractivity contribution in [3.05, 3.63) is 0 Å². The molecule has 10 heavy (non-hydrogen) atoms. The Hall–Kier alpha value is -0.0900. The van der Waals surface area contributed by atoms with Crippen LogP contribution in [0.25, 0.3) is 0 Å². The Morgan fingerprint density at radius 2 is 2.10 bits per heavy atom. The summed E-state index contributed by atoms with van der Waals surface area (Å²) in [6.07, 6.45) is 0.451. The summed E-state index contributed by atoms with van der Waals surface area (Å²) in [5.74, 6) is 0. The zero-order chi connectivity index (χ0) is 8.70. The molecule has 0 aromatic carbocycles. The summed E-state index contributed by atoms with van der Waals surface area (Å²) in [7, 11) is -3.62. The molecule has 0 aromatic rings. The van der Waals surface area contributed by atoms with Crippen molar-refractivity contribution in [2.24, 2.45) is 0 Å². The monoisotopic (exact) mass is 165 g/mol. The van der Waals surface area contributed by atoms with E-state index >= 15 is 0 Å². The van der Waals surface area contributed by atoms with Gasteiger partial charge in [0, 0.05) is 1.37 Å². The Balaban J connectivity index is 2.68. The van der Waals surface area contributed by atoms with E-state index in [1.54, 1.807) is 13.8 Å². The Bertz CT molecular complexity index is 241. The summed E-state index contributed by atoms with van der Waals surface area (Å²) >= 11 is 0. The van der Waals surface area contributed by atoms with Crippen LogP contribution in [-0.2, 0) is 14.3 Å². The fourth-order valence-corrected chi connectivity index (χ4v) is 1.87. The molecule has 60 valence electrons. The van der Waals surface area contributed by atoms with Crippen molar-refractivity contribution in [2.75, 3.05) is 0 Å². The molecule has 0 atom stereocenters. The molecule has 0 saturated heterocycles. The molecule has 0 N–H and O–H groups in total. The fourth-order valence-electron chi connectivity index (χ4n) is 0.622. The minimum Gasteiger partial charge on any atom is -0.267 e. The Labute approximate surface area is 62.9 Å². The predicted octanol–water partition coefficient (Wildman–Crippen LogP) is 0.904. The van der Waals surface area contributed by atoms with Gasteiger partial charge in [0.15, 0.2) is 0 Å². The van der Waals surface area contributed by atoms with Crippen LogP contribution in [-0.4, -0.2) is 19.7 Å². The first-order valence-corrected chi connectivity index (χ1v) is 4.71. The summed E-state index contributed by atoms with van der Waals surface area (Å²) in [4.78, 5) is 0. The quantitative estimate of drug-likeness (QED) is 0.584. The molecular formula is C6H12O3S. The fraction of sp³-hybridized carbons (Fsp3) is 1.00. The second kappa shape index (κ2) is 2.51. The van der Waals surface area contributed by atoms with E-state index in [1.165, 1.54) is 0 Å². The lowest BCUT2D eigenvalue weighted by Gasteiger charge is -2.05. The van der Waals surface area contributed by atoms with Crippen LogP contribution < -0.4 is 0 Å². The van der Waals surface area contributed by atoms with E-state index < -0.39 is 15.3 Å². The average Bonchev–Trinajstić information content (AvgIpc) is 2.44. The minimum atomic E-state index is -3.62. The van der Waals surface area contributed by atoms with Crippen LogP contribution in [0.2, 0.25) is 0 Å². The Kier molecular flexibility index (Phi) is 1.66. The van der Waals surface area contributed by atoms with Gasteiger partial charge in [-0.2, -0.15) is 8.42 Å². The van der Waals surface area contributed by atoms with Gasteiger partial charge in [-0.1, -0.05) is 0 Å². The molecular weight excluding hydrogens is 152 g/mol. The highest BCUT2D eigenvalue weighted by atomic mass is 32.2. The Morgan fingerprint density at radius 1 is 1.60 bits per heavy atom. The number of rotatable bonds is 3. The number of hydrogen-bond donors (Lipinski definition) is 0. The maximum atomic E-state index is 11.1. The van der Waals surface area contributed by atoms with Crippen LogP contribution in [0.5, 0.6) is 0 Å². The molecule has 0 bridgehead atoms. The van der Waals surface area contributed by atoms with E-state index in [2.05, 4.69) is 4.18 Å². The van der Waals surface area contributed by atoms with E-state index in [-0.39, 0.29) is 6.10 Å². The van der Waals surface area contributed by atoms with Crippen LogP contribution in [0.15, 0.2) is 0 Å². The molecule has 0 heterocycles. The van der Waals surface area contributed by atoms with Crippen molar-refractivity contribution in [2.45, 2.75) is 38.0 Å². The summed E-state index contributed by atoms with van der Waals surface area (Å²) in [5, 5.41) is -1.32. The van der Waals surface area contributed by atoms with Crippen molar-refractivity contribution in [3.63, 3.8) is 0 Å². The van der Waals surface area contributed by atoms with Gasteiger partial charge in [-0.3, -0.25) is 4.18 Å². The lowest BCUT2D eigenvalue weighted by Crippen LogP contribution is -2.15. The molecule has 1 fully saturated rings. The van der Waals surface area contributed by atoms with Gasteiger partial charge in [0.25, 0.3) is 10.1 Å². The second-order valence-corrected chi connectivity index (χ2v) is 4.32. The van der Waals surface area contributed by atoms with Gasteiger partial charge in [-0.15, -0.1) is 0 Å². The molecule has 0 amide bonds. The minimum absolute atomic E-state index is 0.358. The summed E-state index contributed by atoms with van der Waals surface area (Å²) in [6.45, 7) is 3.28. The topological polar surface area (TPSA) is 43.4 Å². The van der Waals surface area contributed by atoms with Crippen molar-refractivity contribution in [1.29, 1.82) is 0 Å². The third-order valence-corrected chi connectivity index (χ3v) is 2.88. The van der Waals surface area contributed by atoms with Crippen LogP contribution in [0, 0.1) is 0 Å². The highest BCUT2D eigenvalue weighted by Gasteiger charge is 2.37. The zero-order valence-electron chi connectivity index (χ0n) is 7.12. The molecule has 0 radical (unpaired) electrons. The highest BCUT2D eigenvalue weighted by molar-refractivity contribution is 7.87. The van der Waals surface area contributed by atoms with Crippen molar-refractivity contribution < 1.29 is 14.0 Å². The van der Waals surface area contributed by atoms with E-state index in [0.29, 0.717) is 12.8 Å². The lowest BCUT2D eigenvalue weighted by molar-refractivity contribution is 0.248. The van der Waals surface area contributed by atoms with Crippen LogP contribution >= 0.6 is 0 Å². The normalized spacial score (nSPS) is 24.5. The van der Waals surface area contributed by atoms with Gasteiger partial charge >= 0.3 is 0 Å². The van der Waals surface area contributed by atoms with Crippen LogP contribution in [0.1, 0.15) is 28.1 Å². The van der Waals surface area contributed by atoms with E-state index in [0.717, 1.165) is 0 Å². The molecule has 4 heteroatoms. The third kappa shape index (κ3) is 1.95. The summed E-state index contributed by atoms with van der Waals surface area (Å²) < 4.78 is 34.2. The van der Waals surface area contributed by atoms with Crippen molar-refractivity contribution in [1.82, 2.24) is 0 Å². The molecule has 0 aromatic heterocycles. The third-order valence-electron chi connectivity index (χ3n) is 1.13. The van der Waals surface area contributed by atoms with Gasteiger partial charge in [-0.05, 0) is 26.7 Å². The van der Waals surface area contributed by atoms with E-state index in [1.807, 2.05) is 0 Å². The van der Waals surface area contributed by atoms with E-state index in [4.69, 9.17) is 1.37 Å². The zero-order valence-corrected chi connectivity index (χ0v) is 6.94. The van der Waals surface area contributed by atoms with Gasteiger partial charge in [0.1, 0.15) is 0 Å². The predicted molar refractivity (Wildman–Crippen MR) is 38.2 cm³/mol. The molecule has 0 aliphatic heterocycles. The number of hydrogen-bond acceptors (Lipinski definition) is 3. The maximum Gasteiger partial charge on any atom is 0.270 e. The molecule has 1 rings (SSSR count). The lowest BCUT2D eigenvalue weighted by atomic mass is 10.5. The van der Waals surface area contributed by atoms with Crippen LogP contribution in [0.4, 0.5) is 0 Å². The molecule has 3 nitrogen and oxygen atoms in total. The first-order chi connectivity index (χ1) is 4.87. The smallest absolute Gasteiger partial charge is 0.267 e. The van der Waals surface area contributed by atoms with Crippen molar-refractivity contribution >= 4 is 10.1 Å². The van der Waals surface area contributed by atoms with Gasteiger partial charge in [-0.25, -0.2) is 0 Å². The molecule has 1 aliphatic rings. The first-order valence-electron chi connectivity index (χ1n) is 3.80. The van der Waals surface area contributed by atoms with Gasteiger partial charge in [0.2, 0.25) is 0 Å². The summed E-state index contributed by atoms with van der Waals surface area (Å²) in [6, 6.07) is 0. The highest BCUT2D eigenvalue weighted by Crippen LogP contribution is 2.29. The molecule has 0 unspecified atom stereocenters. The SMILES string of the molecule is [2H]C1(S(=O)(=O)OC(C)C)CC1. The Morgan fingerprint density at radius 3 is 2.40 bits per heavy atom. The molecule has 1 aliphatic carbocycles. The second-order valence-electron chi connectivity index (χ2n) is 2.64. The molecule has 1 saturated carbocycles. The molecule has 0 spiro atoms. The largest absolute Gasteiger partial charge is 0.270 e.